The zero-order valence-corrected chi connectivity index (χ0v) is 8.68. The zero-order chi connectivity index (χ0) is 8.10. The molecule has 0 saturated heterocycles. The number of hydrogen-bond donors (Lipinski definition) is 1. The van der Waals surface area contributed by atoms with Gasteiger partial charge in [0.05, 0.1) is 17.7 Å². The van der Waals surface area contributed by atoms with Crippen LogP contribution in [0.1, 0.15) is 5.69 Å². The fourth-order valence-corrected chi connectivity index (χ4v) is 1.44. The van der Waals surface area contributed by atoms with Crippen LogP contribution in [0.4, 0.5) is 0 Å². The Morgan fingerprint density at radius 3 is 3.18 bits per heavy atom. The maximum atomic E-state index is 10.5. The first kappa shape index (κ1) is 9.08. The van der Waals surface area contributed by atoms with Crippen LogP contribution in [0, 0.1) is 0 Å². The Morgan fingerprint density at radius 2 is 2.64 bits per heavy atom. The Balaban J connectivity index is 2.19. The molecule has 0 saturated carbocycles. The molecule has 0 aliphatic rings. The van der Waals surface area contributed by atoms with Gasteiger partial charge in [-0.3, -0.25) is 4.79 Å². The van der Waals surface area contributed by atoms with Crippen LogP contribution in [0.15, 0.2) is 10.9 Å². The van der Waals surface area contributed by atoms with Crippen molar-refractivity contribution in [2.45, 2.75) is 6.54 Å². The van der Waals surface area contributed by atoms with E-state index >= 15 is 0 Å². The largest absolute Gasteiger partial charge is 0.304 e. The lowest BCUT2D eigenvalue weighted by Crippen LogP contribution is -2.18. The number of carbonyl (C=O) groups excluding carboxylic acids is 1. The average Bonchev–Trinajstić information content (AvgIpc) is 2.39. The first-order valence-electron chi connectivity index (χ1n) is 3.05. The lowest BCUT2D eigenvalue weighted by molar-refractivity contribution is -0.108. The summed E-state index contributed by atoms with van der Waals surface area (Å²) in [5.74, 6) is 0. The molecular weight excluding hydrogens is 275 g/mol. The van der Waals surface area contributed by atoms with Crippen LogP contribution in [-0.4, -0.2) is 15.3 Å². The summed E-state index contributed by atoms with van der Waals surface area (Å²) in [5, 5.41) is 4.94. The smallest absolute Gasteiger partial charge is 0.206 e. The van der Waals surface area contributed by atoms with Crippen LogP contribution in [0.25, 0.3) is 0 Å². The van der Waals surface area contributed by atoms with Crippen molar-refractivity contribution in [3.63, 3.8) is 0 Å². The fraction of sp³-hybridized carbons (Fsp3) is 0.333. The highest BCUT2D eigenvalue weighted by atomic mass is 127. The molecule has 5 heteroatoms. The second-order valence-electron chi connectivity index (χ2n) is 1.94. The molecule has 0 fully saturated rings. The molecule has 11 heavy (non-hydrogen) atoms. The van der Waals surface area contributed by atoms with E-state index in [1.54, 1.807) is 39.4 Å². The van der Waals surface area contributed by atoms with E-state index in [9.17, 15) is 4.79 Å². The highest BCUT2D eigenvalue weighted by molar-refractivity contribution is 14.1. The summed E-state index contributed by atoms with van der Waals surface area (Å²) in [7, 11) is 0. The van der Waals surface area contributed by atoms with E-state index in [2.05, 4.69) is 10.3 Å². The Kier molecular flexibility index (Phi) is 3.95. The molecule has 1 N–H and O–H groups in total. The molecule has 1 aromatic heterocycles. The lowest BCUT2D eigenvalue weighted by Gasteiger charge is -1.95. The average molecular weight is 282 g/mol. The van der Waals surface area contributed by atoms with Crippen LogP contribution in [0.3, 0.4) is 0 Å². The molecule has 1 heterocycles. The molecule has 0 atom stereocenters. The Labute approximate surface area is 82.4 Å². The van der Waals surface area contributed by atoms with Crippen molar-refractivity contribution in [2.24, 2.45) is 0 Å². The predicted molar refractivity (Wildman–Crippen MR) is 52.8 cm³/mol. The first-order chi connectivity index (χ1) is 5.29. The van der Waals surface area contributed by atoms with Gasteiger partial charge in [0.25, 0.3) is 0 Å². The van der Waals surface area contributed by atoms with Gasteiger partial charge in [0, 0.05) is 34.5 Å². The number of nitrogens with one attached hydrogen (secondary N) is 1. The van der Waals surface area contributed by atoms with Crippen LogP contribution in [0.2, 0.25) is 0 Å². The maximum Gasteiger partial charge on any atom is 0.206 e. The minimum atomic E-state index is 0.123. The van der Waals surface area contributed by atoms with Crippen molar-refractivity contribution in [1.29, 1.82) is 0 Å². The van der Waals surface area contributed by atoms with Gasteiger partial charge < -0.3 is 5.32 Å². The van der Waals surface area contributed by atoms with Gasteiger partial charge in [-0.1, -0.05) is 0 Å². The Morgan fingerprint density at radius 1 is 1.82 bits per heavy atom. The lowest BCUT2D eigenvalue weighted by atomic mass is 10.5. The van der Waals surface area contributed by atoms with E-state index in [1.807, 2.05) is 5.38 Å². The van der Waals surface area contributed by atoms with Gasteiger partial charge in [0.2, 0.25) is 3.79 Å². The first-order valence-corrected chi connectivity index (χ1v) is 5.07. The molecule has 3 nitrogen and oxygen atoms in total. The fourth-order valence-electron chi connectivity index (χ4n) is 0.614. The second kappa shape index (κ2) is 4.78. The molecule has 0 amide bonds. The van der Waals surface area contributed by atoms with Crippen molar-refractivity contribution < 1.29 is 4.79 Å². The van der Waals surface area contributed by atoms with Crippen LogP contribution < -0.4 is 5.32 Å². The molecule has 1 aromatic rings. The third-order valence-electron chi connectivity index (χ3n) is 1.05. The third-order valence-corrected chi connectivity index (χ3v) is 2.07. The Bertz CT molecular complexity index is 224. The van der Waals surface area contributed by atoms with Gasteiger partial charge in [0.1, 0.15) is 0 Å². The summed E-state index contributed by atoms with van der Waals surface area (Å²) >= 11 is 3.32. The third kappa shape index (κ3) is 3.78. The summed E-state index contributed by atoms with van der Waals surface area (Å²) in [6.45, 7) is 1.09. The molecule has 1 rings (SSSR count). The van der Waals surface area contributed by atoms with E-state index in [1.165, 1.54) is 0 Å². The van der Waals surface area contributed by atoms with Crippen molar-refractivity contribution in [3.05, 3.63) is 16.6 Å². The number of carbonyl (C=O) groups is 1. The van der Waals surface area contributed by atoms with Gasteiger partial charge >= 0.3 is 0 Å². The highest BCUT2D eigenvalue weighted by Crippen LogP contribution is 1.99. The van der Waals surface area contributed by atoms with Gasteiger partial charge in [-0.2, -0.15) is 0 Å². The number of rotatable bonds is 4. The van der Waals surface area contributed by atoms with Gasteiger partial charge in [-0.25, -0.2) is 4.98 Å². The van der Waals surface area contributed by atoms with Crippen molar-refractivity contribution >= 4 is 37.7 Å². The molecule has 0 spiro atoms. The summed E-state index contributed by atoms with van der Waals surface area (Å²) in [5.41, 5.74) is 2.77. The van der Waals surface area contributed by atoms with E-state index in [4.69, 9.17) is 0 Å². The highest BCUT2D eigenvalue weighted by Gasteiger charge is 1.95. The molecule has 0 bridgehead atoms. The molecule has 0 aromatic carbocycles. The van der Waals surface area contributed by atoms with Crippen LogP contribution >= 0.6 is 33.9 Å². The molecule has 0 unspecified atom stereocenters. The maximum absolute atomic E-state index is 10.5. The van der Waals surface area contributed by atoms with E-state index < -0.39 is 0 Å². The number of halogens is 1. The van der Waals surface area contributed by atoms with Crippen LogP contribution in [0.5, 0.6) is 0 Å². The van der Waals surface area contributed by atoms with Crippen LogP contribution in [-0.2, 0) is 11.3 Å². The summed E-state index contributed by atoms with van der Waals surface area (Å²) in [6.07, 6.45) is 0. The van der Waals surface area contributed by atoms with Gasteiger partial charge in [0.15, 0.2) is 0 Å². The number of aromatic nitrogens is 1. The standard InChI is InChI=1S/C6H7IN2OS/c7-6(10)2-8-1-5-3-11-4-9-5/h3-4,8H,1-2H2. The number of thiazole rings is 1. The van der Waals surface area contributed by atoms with Crippen molar-refractivity contribution in [1.82, 2.24) is 10.3 Å². The number of hydrogen-bond acceptors (Lipinski definition) is 4. The SMILES string of the molecule is O=C(I)CNCc1cscn1. The topological polar surface area (TPSA) is 42.0 Å². The molecule has 0 aliphatic heterocycles. The van der Waals surface area contributed by atoms with E-state index in [-0.39, 0.29) is 3.79 Å². The quantitative estimate of drug-likeness (QED) is 0.666. The van der Waals surface area contributed by atoms with Gasteiger partial charge in [-0.05, 0) is 0 Å². The van der Waals surface area contributed by atoms with E-state index in [0.717, 1.165) is 5.69 Å². The number of nitrogens with zero attached hydrogens (tertiary/aromatic N) is 1. The minimum absolute atomic E-state index is 0.123. The van der Waals surface area contributed by atoms with Crippen molar-refractivity contribution in [3.8, 4) is 0 Å². The summed E-state index contributed by atoms with van der Waals surface area (Å²) in [6, 6.07) is 0. The monoisotopic (exact) mass is 282 g/mol. The zero-order valence-electron chi connectivity index (χ0n) is 5.71. The molecule has 60 valence electrons. The molecule has 0 radical (unpaired) electrons. The second-order valence-corrected chi connectivity index (χ2v) is 3.86. The Hall–Kier alpha value is -0.0100. The summed E-state index contributed by atoms with van der Waals surface area (Å²) < 4.78 is 0.123. The van der Waals surface area contributed by atoms with Gasteiger partial charge in [-0.15, -0.1) is 11.3 Å². The summed E-state index contributed by atoms with van der Waals surface area (Å²) in [4.78, 5) is 14.5. The molecular formula is C6H7IN2OS. The normalized spacial score (nSPS) is 9.91. The molecule has 0 aliphatic carbocycles. The minimum Gasteiger partial charge on any atom is -0.304 e. The van der Waals surface area contributed by atoms with E-state index in [0.29, 0.717) is 13.1 Å². The van der Waals surface area contributed by atoms with Crippen molar-refractivity contribution in [2.75, 3.05) is 6.54 Å². The predicted octanol–water partition coefficient (Wildman–Crippen LogP) is 1.19.